The second kappa shape index (κ2) is 11.7. The van der Waals surface area contributed by atoms with Gasteiger partial charge in [-0.1, -0.05) is 24.3 Å². The van der Waals surface area contributed by atoms with Crippen LogP contribution in [0.3, 0.4) is 0 Å². The van der Waals surface area contributed by atoms with Gasteiger partial charge in [0, 0.05) is 37.1 Å². The van der Waals surface area contributed by atoms with E-state index in [0.29, 0.717) is 31.8 Å². The Morgan fingerprint density at radius 3 is 2.61 bits per heavy atom. The van der Waals surface area contributed by atoms with Crippen LogP contribution < -0.4 is 10.1 Å². The number of amides is 2. The van der Waals surface area contributed by atoms with E-state index in [1.54, 1.807) is 30.5 Å². The summed E-state index contributed by atoms with van der Waals surface area (Å²) in [7, 11) is 1.59. The van der Waals surface area contributed by atoms with E-state index in [-0.39, 0.29) is 5.91 Å². The minimum atomic E-state index is -0.582. The maximum Gasteiger partial charge on any atom is 0.410 e. The molecule has 1 N–H and O–H groups in total. The molecule has 0 aliphatic rings. The van der Waals surface area contributed by atoms with Crippen LogP contribution in [0, 0.1) is 0 Å². The number of nitrogens with zero attached hydrogens (tertiary/aromatic N) is 2. The van der Waals surface area contributed by atoms with Crippen LogP contribution in [0.5, 0.6) is 5.75 Å². The first-order valence-corrected chi connectivity index (χ1v) is 10.2. The molecule has 0 bridgehead atoms. The van der Waals surface area contributed by atoms with Gasteiger partial charge in [0.05, 0.1) is 13.7 Å². The van der Waals surface area contributed by atoms with Crippen LogP contribution in [0.25, 0.3) is 6.08 Å². The number of ether oxygens (including phenoxy) is 2. The van der Waals surface area contributed by atoms with E-state index in [2.05, 4.69) is 10.3 Å². The Morgan fingerprint density at radius 1 is 1.16 bits per heavy atom. The third-order valence-electron chi connectivity index (χ3n) is 4.21. The zero-order valence-electron chi connectivity index (χ0n) is 18.6. The fourth-order valence-electron chi connectivity index (χ4n) is 2.78. The number of nitrogens with one attached hydrogen (secondary N) is 1. The third kappa shape index (κ3) is 8.90. The number of methoxy groups -OCH3 is 1. The van der Waals surface area contributed by atoms with Crippen molar-refractivity contribution in [1.82, 2.24) is 15.2 Å². The summed E-state index contributed by atoms with van der Waals surface area (Å²) in [5.41, 5.74) is 1.16. The zero-order chi connectivity index (χ0) is 22.7. The molecular weight excluding hydrogens is 394 g/mol. The minimum absolute atomic E-state index is 0.206. The molecule has 2 rings (SSSR count). The first kappa shape index (κ1) is 23.9. The van der Waals surface area contributed by atoms with Crippen molar-refractivity contribution in [2.24, 2.45) is 0 Å². The molecule has 0 spiro atoms. The van der Waals surface area contributed by atoms with Crippen LogP contribution in [-0.2, 0) is 16.1 Å². The summed E-state index contributed by atoms with van der Waals surface area (Å²) < 4.78 is 10.8. The summed E-state index contributed by atoms with van der Waals surface area (Å²) in [5, 5.41) is 2.84. The highest BCUT2D eigenvalue weighted by atomic mass is 16.6. The van der Waals surface area contributed by atoms with Gasteiger partial charge < -0.3 is 19.7 Å². The summed E-state index contributed by atoms with van der Waals surface area (Å²) in [6, 6.07) is 11.2. The third-order valence-corrected chi connectivity index (χ3v) is 4.21. The van der Waals surface area contributed by atoms with Crippen LogP contribution in [0.1, 0.15) is 38.3 Å². The van der Waals surface area contributed by atoms with Crippen molar-refractivity contribution >= 4 is 18.1 Å². The SMILES string of the molecule is COc1ccccc1/C=C/C(=O)NCCCN(Cc1cccnc1)C(=O)OC(C)(C)C. The molecule has 7 heteroatoms. The van der Waals surface area contributed by atoms with Gasteiger partial charge in [-0.2, -0.15) is 0 Å². The monoisotopic (exact) mass is 425 g/mol. The lowest BCUT2D eigenvalue weighted by molar-refractivity contribution is -0.116. The molecule has 0 aliphatic carbocycles. The highest BCUT2D eigenvalue weighted by molar-refractivity contribution is 5.92. The van der Waals surface area contributed by atoms with Gasteiger partial charge in [-0.05, 0) is 51.0 Å². The smallest absolute Gasteiger partial charge is 0.410 e. The lowest BCUT2D eigenvalue weighted by Crippen LogP contribution is -2.38. The Kier molecular flexibility index (Phi) is 9.06. The van der Waals surface area contributed by atoms with Crippen LogP contribution in [0.4, 0.5) is 4.79 Å². The largest absolute Gasteiger partial charge is 0.496 e. The average Bonchev–Trinajstić information content (AvgIpc) is 2.74. The zero-order valence-corrected chi connectivity index (χ0v) is 18.6. The average molecular weight is 426 g/mol. The van der Waals surface area contributed by atoms with Crippen molar-refractivity contribution in [3.8, 4) is 5.75 Å². The molecule has 0 fully saturated rings. The van der Waals surface area contributed by atoms with Gasteiger partial charge in [-0.15, -0.1) is 0 Å². The van der Waals surface area contributed by atoms with Crippen molar-refractivity contribution in [3.05, 3.63) is 66.0 Å². The molecule has 1 aromatic carbocycles. The van der Waals surface area contributed by atoms with Crippen molar-refractivity contribution in [1.29, 1.82) is 0 Å². The van der Waals surface area contributed by atoms with Crippen LogP contribution in [0.15, 0.2) is 54.9 Å². The van der Waals surface area contributed by atoms with Gasteiger partial charge in [0.25, 0.3) is 0 Å². The van der Waals surface area contributed by atoms with E-state index in [0.717, 1.165) is 11.1 Å². The van der Waals surface area contributed by atoms with Crippen LogP contribution >= 0.6 is 0 Å². The van der Waals surface area contributed by atoms with Crippen LogP contribution in [0.2, 0.25) is 0 Å². The summed E-state index contributed by atoms with van der Waals surface area (Å²) in [6.45, 7) is 6.77. The molecule has 7 nitrogen and oxygen atoms in total. The number of benzene rings is 1. The number of carbonyl (C=O) groups excluding carboxylic acids is 2. The van der Waals surface area contributed by atoms with Gasteiger partial charge in [-0.25, -0.2) is 4.79 Å². The Bertz CT molecular complexity index is 876. The molecule has 1 aromatic heterocycles. The van der Waals surface area contributed by atoms with E-state index in [4.69, 9.17) is 9.47 Å². The molecular formula is C24H31N3O4. The molecule has 0 saturated heterocycles. The quantitative estimate of drug-likeness (QED) is 0.484. The summed E-state index contributed by atoms with van der Waals surface area (Å²) >= 11 is 0. The number of hydrogen-bond donors (Lipinski definition) is 1. The van der Waals surface area contributed by atoms with Crippen molar-refractivity contribution in [3.63, 3.8) is 0 Å². The van der Waals surface area contributed by atoms with Crippen LogP contribution in [-0.4, -0.2) is 47.7 Å². The second-order valence-electron chi connectivity index (χ2n) is 7.98. The molecule has 2 amide bonds. The normalized spacial score (nSPS) is 11.2. The standard InChI is InChI=1S/C24H31N3O4/c1-24(2,3)31-23(29)27(18-19-9-7-14-25-17-19)16-8-15-26-22(28)13-12-20-10-5-6-11-21(20)30-4/h5-7,9-14,17H,8,15-16,18H2,1-4H3,(H,26,28)/b13-12+. The van der Waals surface area contributed by atoms with Gasteiger partial charge in [0.15, 0.2) is 0 Å². The minimum Gasteiger partial charge on any atom is -0.496 e. The maximum atomic E-state index is 12.6. The first-order chi connectivity index (χ1) is 14.8. The molecule has 1 heterocycles. The van der Waals surface area contributed by atoms with E-state index in [1.807, 2.05) is 57.2 Å². The Hall–Kier alpha value is -3.35. The highest BCUT2D eigenvalue weighted by Crippen LogP contribution is 2.18. The molecule has 0 aliphatic heterocycles. The first-order valence-electron chi connectivity index (χ1n) is 10.2. The van der Waals surface area contributed by atoms with Gasteiger partial charge in [0.2, 0.25) is 5.91 Å². The number of hydrogen-bond acceptors (Lipinski definition) is 5. The molecule has 31 heavy (non-hydrogen) atoms. The van der Waals surface area contributed by atoms with E-state index in [1.165, 1.54) is 6.08 Å². The Labute approximate surface area is 184 Å². The molecule has 0 atom stereocenters. The summed E-state index contributed by atoms with van der Waals surface area (Å²) in [5.74, 6) is 0.497. The fourth-order valence-corrected chi connectivity index (χ4v) is 2.78. The second-order valence-corrected chi connectivity index (χ2v) is 7.98. The van der Waals surface area contributed by atoms with Crippen molar-refractivity contribution in [2.75, 3.05) is 20.2 Å². The molecule has 0 unspecified atom stereocenters. The van der Waals surface area contributed by atoms with Crippen molar-refractivity contribution in [2.45, 2.75) is 39.3 Å². The Morgan fingerprint density at radius 2 is 1.94 bits per heavy atom. The van der Waals surface area contributed by atoms with E-state index < -0.39 is 11.7 Å². The van der Waals surface area contributed by atoms with Gasteiger partial charge >= 0.3 is 6.09 Å². The molecule has 0 radical (unpaired) electrons. The number of para-hydroxylation sites is 1. The number of aromatic nitrogens is 1. The maximum absolute atomic E-state index is 12.6. The topological polar surface area (TPSA) is 80.8 Å². The van der Waals surface area contributed by atoms with E-state index >= 15 is 0 Å². The molecule has 2 aromatic rings. The lowest BCUT2D eigenvalue weighted by atomic mass is 10.2. The fraction of sp³-hybridized carbons (Fsp3) is 0.375. The Balaban J connectivity index is 1.87. The number of rotatable bonds is 9. The predicted molar refractivity (Wildman–Crippen MR) is 121 cm³/mol. The highest BCUT2D eigenvalue weighted by Gasteiger charge is 2.22. The van der Waals surface area contributed by atoms with Gasteiger partial charge in [-0.3, -0.25) is 9.78 Å². The van der Waals surface area contributed by atoms with Crippen molar-refractivity contribution < 1.29 is 19.1 Å². The van der Waals surface area contributed by atoms with Gasteiger partial charge in [0.1, 0.15) is 11.4 Å². The summed E-state index contributed by atoms with van der Waals surface area (Å²) in [6.07, 6.45) is 6.80. The molecule has 166 valence electrons. The van der Waals surface area contributed by atoms with E-state index in [9.17, 15) is 9.59 Å². The lowest BCUT2D eigenvalue weighted by Gasteiger charge is -2.27. The molecule has 0 saturated carbocycles. The summed E-state index contributed by atoms with van der Waals surface area (Å²) in [4.78, 5) is 30.4. The predicted octanol–water partition coefficient (Wildman–Crippen LogP) is 4.05. The number of pyridine rings is 1. The number of carbonyl (C=O) groups is 2.